The van der Waals surface area contributed by atoms with Crippen LogP contribution < -0.4 is 0 Å². The summed E-state index contributed by atoms with van der Waals surface area (Å²) in [5, 5.41) is 20.0. The minimum absolute atomic E-state index is 0.0592. The molecule has 2 aliphatic heterocycles. The number of rotatable bonds is 3. The van der Waals surface area contributed by atoms with E-state index < -0.39 is 12.0 Å². The maximum atomic E-state index is 11.2. The first kappa shape index (κ1) is 14.7. The van der Waals surface area contributed by atoms with Gasteiger partial charge in [0.2, 0.25) is 0 Å². The lowest BCUT2D eigenvalue weighted by Gasteiger charge is -2.24. The molecule has 1 fully saturated rings. The van der Waals surface area contributed by atoms with Gasteiger partial charge in [-0.3, -0.25) is 14.7 Å². The summed E-state index contributed by atoms with van der Waals surface area (Å²) in [6, 6.07) is 6.80. The molecule has 1 saturated heterocycles. The number of nitrogens with zero attached hydrogens (tertiary/aromatic N) is 2. The maximum Gasteiger partial charge on any atom is 0.321 e. The second-order valence-electron chi connectivity index (χ2n) is 5.07. The number of carboxylic acid groups (broad SMARTS) is 1. The van der Waals surface area contributed by atoms with E-state index in [0.29, 0.717) is 5.75 Å². The quantitative estimate of drug-likeness (QED) is 0.882. The number of hydrogen-bond acceptors (Lipinski definition) is 6. The van der Waals surface area contributed by atoms with Gasteiger partial charge in [-0.25, -0.2) is 0 Å². The van der Waals surface area contributed by atoms with E-state index in [1.54, 1.807) is 35.7 Å². The Morgan fingerprint density at radius 2 is 2.14 bits per heavy atom. The van der Waals surface area contributed by atoms with Crippen LogP contribution in [0.25, 0.3) is 0 Å². The molecule has 2 heterocycles. The molecule has 3 rings (SSSR count). The monoisotopic (exact) mass is 324 g/mol. The van der Waals surface area contributed by atoms with Crippen LogP contribution in [-0.2, 0) is 4.79 Å². The Morgan fingerprint density at radius 3 is 2.81 bits per heavy atom. The van der Waals surface area contributed by atoms with Crippen molar-refractivity contribution in [2.75, 3.05) is 18.6 Å². The first-order chi connectivity index (χ1) is 10.1. The third-order valence-electron chi connectivity index (χ3n) is 3.74. The molecule has 0 bridgehead atoms. The average molecular weight is 324 g/mol. The van der Waals surface area contributed by atoms with E-state index in [-0.39, 0.29) is 17.2 Å². The Morgan fingerprint density at radius 1 is 1.38 bits per heavy atom. The van der Waals surface area contributed by atoms with Crippen molar-refractivity contribution >= 4 is 34.5 Å². The number of thioether (sulfide) groups is 2. The molecular formula is C14H16N2O3S2. The summed E-state index contributed by atoms with van der Waals surface area (Å²) in [6.07, 6.45) is 0. The zero-order valence-corrected chi connectivity index (χ0v) is 13.1. The van der Waals surface area contributed by atoms with E-state index in [9.17, 15) is 15.0 Å². The first-order valence-electron chi connectivity index (χ1n) is 6.63. The molecule has 5 nitrogen and oxygen atoms in total. The van der Waals surface area contributed by atoms with Crippen LogP contribution in [0.4, 0.5) is 0 Å². The maximum absolute atomic E-state index is 11.2. The van der Waals surface area contributed by atoms with E-state index in [0.717, 1.165) is 16.4 Å². The molecule has 3 atom stereocenters. The highest BCUT2D eigenvalue weighted by atomic mass is 32.2. The summed E-state index contributed by atoms with van der Waals surface area (Å²) < 4.78 is 0. The number of benzene rings is 1. The number of phenols is 1. The predicted molar refractivity (Wildman–Crippen MR) is 86.3 cm³/mol. The lowest BCUT2D eigenvalue weighted by molar-refractivity contribution is -0.141. The normalized spacial score (nSPS) is 29.6. The van der Waals surface area contributed by atoms with Crippen molar-refractivity contribution in [1.82, 2.24) is 4.90 Å². The van der Waals surface area contributed by atoms with Crippen LogP contribution >= 0.6 is 23.5 Å². The zero-order valence-electron chi connectivity index (χ0n) is 11.5. The number of carbonyl (C=O) groups is 1. The average Bonchev–Trinajstić information content (AvgIpc) is 3.05. The van der Waals surface area contributed by atoms with Crippen molar-refractivity contribution in [2.45, 2.75) is 17.5 Å². The molecule has 7 heteroatoms. The zero-order chi connectivity index (χ0) is 15.0. The van der Waals surface area contributed by atoms with Gasteiger partial charge in [0, 0.05) is 17.1 Å². The Labute approximate surface area is 131 Å². The fourth-order valence-corrected chi connectivity index (χ4v) is 5.33. The van der Waals surface area contributed by atoms with E-state index in [4.69, 9.17) is 4.99 Å². The number of aromatic hydroxyl groups is 1. The summed E-state index contributed by atoms with van der Waals surface area (Å²) in [6.45, 7) is 0. The number of para-hydroxylation sites is 1. The van der Waals surface area contributed by atoms with Crippen LogP contribution in [0.15, 0.2) is 29.3 Å². The number of phenolic OH excluding ortho intramolecular Hbond substituents is 1. The summed E-state index contributed by atoms with van der Waals surface area (Å²) >= 11 is 3.27. The van der Waals surface area contributed by atoms with Crippen molar-refractivity contribution in [3.05, 3.63) is 29.8 Å². The molecule has 0 radical (unpaired) electrons. The van der Waals surface area contributed by atoms with E-state index in [2.05, 4.69) is 0 Å². The lowest BCUT2D eigenvalue weighted by Crippen LogP contribution is -2.42. The van der Waals surface area contributed by atoms with Gasteiger partial charge in [0.1, 0.15) is 16.8 Å². The van der Waals surface area contributed by atoms with Crippen LogP contribution in [0, 0.1) is 0 Å². The SMILES string of the molecule is CN1C(C(=O)O)CS[C@H]1[C@@H]1CSC(c2ccccc2O)=N1. The smallest absolute Gasteiger partial charge is 0.321 e. The van der Waals surface area contributed by atoms with Crippen LogP contribution in [0.5, 0.6) is 5.75 Å². The largest absolute Gasteiger partial charge is 0.507 e. The van der Waals surface area contributed by atoms with Crippen molar-refractivity contribution in [2.24, 2.45) is 4.99 Å². The molecule has 1 unspecified atom stereocenters. The Hall–Kier alpha value is -1.18. The fourth-order valence-electron chi connectivity index (χ4n) is 2.57. The molecule has 1 aromatic rings. The van der Waals surface area contributed by atoms with E-state index in [1.165, 1.54) is 0 Å². The molecule has 21 heavy (non-hydrogen) atoms. The second-order valence-corrected chi connectivity index (χ2v) is 7.23. The van der Waals surface area contributed by atoms with Crippen molar-refractivity contribution in [1.29, 1.82) is 0 Å². The van der Waals surface area contributed by atoms with Crippen LogP contribution in [0.1, 0.15) is 5.56 Å². The van der Waals surface area contributed by atoms with Crippen molar-refractivity contribution in [3.8, 4) is 5.75 Å². The molecule has 0 amide bonds. The van der Waals surface area contributed by atoms with E-state index in [1.807, 2.05) is 24.1 Å². The minimum atomic E-state index is -0.775. The number of carboxylic acids is 1. The minimum Gasteiger partial charge on any atom is -0.507 e. The van der Waals surface area contributed by atoms with Crippen LogP contribution in [-0.4, -0.2) is 62.1 Å². The van der Waals surface area contributed by atoms with Gasteiger partial charge >= 0.3 is 5.97 Å². The number of aliphatic carboxylic acids is 1. The van der Waals surface area contributed by atoms with Gasteiger partial charge in [0.05, 0.1) is 11.4 Å². The fraction of sp³-hybridized carbons (Fsp3) is 0.429. The standard InChI is InChI=1S/C14H16N2O3S2/c1-16-10(14(18)19)7-21-13(16)9-6-20-12(15-9)8-4-2-3-5-11(8)17/h2-5,9-10,13,17H,6-7H2,1H3,(H,18,19)/t9-,10?,13-/m0/s1. The summed E-state index contributed by atoms with van der Waals surface area (Å²) in [7, 11) is 1.85. The number of likely N-dealkylation sites (N-methyl/N-ethyl adjacent to an activating group) is 1. The summed E-state index contributed by atoms with van der Waals surface area (Å²) in [4.78, 5) is 17.8. The molecule has 0 spiro atoms. The number of hydrogen-bond donors (Lipinski definition) is 2. The summed E-state index contributed by atoms with van der Waals surface area (Å²) in [5.74, 6) is 0.875. The van der Waals surface area contributed by atoms with Crippen LogP contribution in [0.2, 0.25) is 0 Å². The highest BCUT2D eigenvalue weighted by Crippen LogP contribution is 2.37. The summed E-state index contributed by atoms with van der Waals surface area (Å²) in [5.41, 5.74) is 0.755. The lowest BCUT2D eigenvalue weighted by atomic mass is 10.2. The molecule has 2 N–H and O–H groups in total. The van der Waals surface area contributed by atoms with Crippen molar-refractivity contribution < 1.29 is 15.0 Å². The molecule has 1 aromatic carbocycles. The van der Waals surface area contributed by atoms with Gasteiger partial charge in [0.15, 0.2) is 0 Å². The molecule has 0 aromatic heterocycles. The third kappa shape index (κ3) is 2.77. The number of aliphatic imine (C=N–C) groups is 1. The molecular weight excluding hydrogens is 308 g/mol. The Bertz CT molecular complexity index is 593. The molecule has 2 aliphatic rings. The van der Waals surface area contributed by atoms with Gasteiger partial charge in [0.25, 0.3) is 0 Å². The van der Waals surface area contributed by atoms with E-state index >= 15 is 0 Å². The predicted octanol–water partition coefficient (Wildman–Crippen LogP) is 1.71. The van der Waals surface area contributed by atoms with Crippen molar-refractivity contribution in [3.63, 3.8) is 0 Å². The Balaban J connectivity index is 1.78. The first-order valence-corrected chi connectivity index (χ1v) is 8.66. The van der Waals surface area contributed by atoms with Gasteiger partial charge in [-0.15, -0.1) is 23.5 Å². The van der Waals surface area contributed by atoms with Gasteiger partial charge in [-0.1, -0.05) is 12.1 Å². The molecule has 0 saturated carbocycles. The van der Waals surface area contributed by atoms with Gasteiger partial charge in [-0.2, -0.15) is 0 Å². The topological polar surface area (TPSA) is 73.1 Å². The Kier molecular flexibility index (Phi) is 4.14. The van der Waals surface area contributed by atoms with Gasteiger partial charge in [-0.05, 0) is 19.2 Å². The second kappa shape index (κ2) is 5.90. The highest BCUT2D eigenvalue weighted by Gasteiger charge is 2.41. The van der Waals surface area contributed by atoms with Crippen LogP contribution in [0.3, 0.4) is 0 Å². The third-order valence-corrected chi connectivity index (χ3v) is 6.34. The van der Waals surface area contributed by atoms with Gasteiger partial charge < -0.3 is 10.2 Å². The molecule has 0 aliphatic carbocycles. The highest BCUT2D eigenvalue weighted by molar-refractivity contribution is 8.14. The molecule has 112 valence electrons.